The molecular formula is C12H14F2N2O. The SMILES string of the molecule is O=C(CNCc1cc(F)ccc1F)NC1CC1. The van der Waals surface area contributed by atoms with E-state index in [1.165, 1.54) is 0 Å². The number of benzene rings is 1. The lowest BCUT2D eigenvalue weighted by atomic mass is 10.2. The van der Waals surface area contributed by atoms with E-state index in [0.29, 0.717) is 6.04 Å². The van der Waals surface area contributed by atoms with Crippen LogP contribution in [-0.4, -0.2) is 18.5 Å². The molecule has 0 bridgehead atoms. The molecule has 1 aliphatic carbocycles. The quantitative estimate of drug-likeness (QED) is 0.815. The first kappa shape index (κ1) is 12.0. The van der Waals surface area contributed by atoms with E-state index >= 15 is 0 Å². The molecule has 5 heteroatoms. The number of halogens is 2. The highest BCUT2D eigenvalue weighted by atomic mass is 19.1. The second-order valence-corrected chi connectivity index (χ2v) is 4.18. The van der Waals surface area contributed by atoms with Crippen LogP contribution in [0.15, 0.2) is 18.2 Å². The summed E-state index contributed by atoms with van der Waals surface area (Å²) in [6, 6.07) is 3.59. The maximum Gasteiger partial charge on any atom is 0.234 e. The summed E-state index contributed by atoms with van der Waals surface area (Å²) in [7, 11) is 0. The molecule has 2 rings (SSSR count). The summed E-state index contributed by atoms with van der Waals surface area (Å²) >= 11 is 0. The van der Waals surface area contributed by atoms with E-state index in [4.69, 9.17) is 0 Å². The summed E-state index contributed by atoms with van der Waals surface area (Å²) in [6.45, 7) is 0.258. The van der Waals surface area contributed by atoms with Crippen molar-refractivity contribution in [1.29, 1.82) is 0 Å². The fourth-order valence-corrected chi connectivity index (χ4v) is 1.50. The topological polar surface area (TPSA) is 41.1 Å². The average molecular weight is 240 g/mol. The van der Waals surface area contributed by atoms with Crippen molar-refractivity contribution in [1.82, 2.24) is 10.6 Å². The van der Waals surface area contributed by atoms with Gasteiger partial charge in [0.2, 0.25) is 5.91 Å². The molecule has 0 radical (unpaired) electrons. The lowest BCUT2D eigenvalue weighted by molar-refractivity contribution is -0.120. The van der Waals surface area contributed by atoms with Gasteiger partial charge in [0, 0.05) is 18.2 Å². The van der Waals surface area contributed by atoms with Gasteiger partial charge in [-0.05, 0) is 31.0 Å². The van der Waals surface area contributed by atoms with Crippen molar-refractivity contribution < 1.29 is 13.6 Å². The third kappa shape index (κ3) is 3.78. The predicted octanol–water partition coefficient (Wildman–Crippen LogP) is 1.33. The highest BCUT2D eigenvalue weighted by molar-refractivity contribution is 5.78. The maximum absolute atomic E-state index is 13.2. The molecule has 1 amide bonds. The summed E-state index contributed by atoms with van der Waals surface area (Å²) in [5.41, 5.74) is 0.226. The van der Waals surface area contributed by atoms with Crippen molar-refractivity contribution in [3.8, 4) is 0 Å². The van der Waals surface area contributed by atoms with Crippen LogP contribution < -0.4 is 10.6 Å². The molecule has 1 aromatic rings. The highest BCUT2D eigenvalue weighted by Gasteiger charge is 2.22. The highest BCUT2D eigenvalue weighted by Crippen LogP contribution is 2.18. The fraction of sp³-hybridized carbons (Fsp3) is 0.417. The summed E-state index contributed by atoms with van der Waals surface area (Å²) in [5.74, 6) is -1.06. The normalized spacial score (nSPS) is 14.7. The van der Waals surface area contributed by atoms with Crippen LogP contribution in [0.2, 0.25) is 0 Å². The zero-order chi connectivity index (χ0) is 12.3. The Labute approximate surface area is 98.2 Å². The second kappa shape index (κ2) is 5.23. The van der Waals surface area contributed by atoms with E-state index in [0.717, 1.165) is 31.0 Å². The number of nitrogens with one attached hydrogen (secondary N) is 2. The predicted molar refractivity (Wildman–Crippen MR) is 59.2 cm³/mol. The monoisotopic (exact) mass is 240 g/mol. The first-order chi connectivity index (χ1) is 8.15. The van der Waals surface area contributed by atoms with Crippen LogP contribution in [0.3, 0.4) is 0 Å². The minimum atomic E-state index is -0.481. The van der Waals surface area contributed by atoms with Gasteiger partial charge < -0.3 is 10.6 Å². The van der Waals surface area contributed by atoms with Crippen molar-refractivity contribution in [3.63, 3.8) is 0 Å². The van der Waals surface area contributed by atoms with Crippen molar-refractivity contribution in [2.24, 2.45) is 0 Å². The van der Waals surface area contributed by atoms with E-state index in [9.17, 15) is 13.6 Å². The van der Waals surface area contributed by atoms with Crippen molar-refractivity contribution >= 4 is 5.91 Å². The molecule has 0 heterocycles. The molecule has 0 aromatic heterocycles. The van der Waals surface area contributed by atoms with Gasteiger partial charge in [-0.1, -0.05) is 0 Å². The van der Waals surface area contributed by atoms with Crippen LogP contribution in [0.5, 0.6) is 0 Å². The van der Waals surface area contributed by atoms with E-state index < -0.39 is 11.6 Å². The summed E-state index contributed by atoms with van der Waals surface area (Å²) in [4.78, 5) is 11.3. The first-order valence-corrected chi connectivity index (χ1v) is 5.59. The fourth-order valence-electron chi connectivity index (χ4n) is 1.50. The maximum atomic E-state index is 13.2. The van der Waals surface area contributed by atoms with Crippen molar-refractivity contribution in [2.75, 3.05) is 6.54 Å². The Morgan fingerprint density at radius 3 is 2.82 bits per heavy atom. The Bertz CT molecular complexity index is 419. The van der Waals surface area contributed by atoms with Gasteiger partial charge in [-0.3, -0.25) is 4.79 Å². The number of carbonyl (C=O) groups excluding carboxylic acids is 1. The Morgan fingerprint density at radius 1 is 1.35 bits per heavy atom. The molecule has 0 saturated heterocycles. The Hall–Kier alpha value is -1.49. The largest absolute Gasteiger partial charge is 0.352 e. The third-order valence-corrected chi connectivity index (χ3v) is 2.55. The average Bonchev–Trinajstić information content (AvgIpc) is 3.07. The van der Waals surface area contributed by atoms with Crippen molar-refractivity contribution in [2.45, 2.75) is 25.4 Å². The van der Waals surface area contributed by atoms with Crippen LogP contribution in [0, 0.1) is 11.6 Å². The molecule has 0 aliphatic heterocycles. The lowest BCUT2D eigenvalue weighted by Crippen LogP contribution is -2.34. The van der Waals surface area contributed by atoms with Crippen LogP contribution in [-0.2, 0) is 11.3 Å². The number of hydrogen-bond donors (Lipinski definition) is 2. The van der Waals surface area contributed by atoms with E-state index in [-0.39, 0.29) is 24.6 Å². The minimum Gasteiger partial charge on any atom is -0.352 e. The minimum absolute atomic E-state index is 0.107. The molecule has 92 valence electrons. The van der Waals surface area contributed by atoms with Crippen LogP contribution in [0.1, 0.15) is 18.4 Å². The standard InChI is InChI=1S/C12H14F2N2O/c13-9-1-4-11(14)8(5-9)6-15-7-12(17)16-10-2-3-10/h1,4-5,10,15H,2-3,6-7H2,(H,16,17). The lowest BCUT2D eigenvalue weighted by Gasteiger charge is -2.06. The smallest absolute Gasteiger partial charge is 0.234 e. The molecule has 17 heavy (non-hydrogen) atoms. The summed E-state index contributed by atoms with van der Waals surface area (Å²) in [5, 5.41) is 5.58. The molecule has 0 spiro atoms. The molecule has 0 atom stereocenters. The first-order valence-electron chi connectivity index (χ1n) is 5.59. The van der Waals surface area contributed by atoms with Gasteiger partial charge in [-0.15, -0.1) is 0 Å². The van der Waals surface area contributed by atoms with Gasteiger partial charge in [0.25, 0.3) is 0 Å². The van der Waals surface area contributed by atoms with E-state index in [1.54, 1.807) is 0 Å². The Morgan fingerprint density at radius 2 is 2.12 bits per heavy atom. The van der Waals surface area contributed by atoms with Crippen LogP contribution in [0.25, 0.3) is 0 Å². The number of hydrogen-bond acceptors (Lipinski definition) is 2. The molecule has 2 N–H and O–H groups in total. The van der Waals surface area contributed by atoms with Gasteiger partial charge >= 0.3 is 0 Å². The Kier molecular flexibility index (Phi) is 3.68. The summed E-state index contributed by atoms with van der Waals surface area (Å²) < 4.78 is 26.0. The molecule has 1 fully saturated rings. The van der Waals surface area contributed by atoms with Gasteiger partial charge in [0.05, 0.1) is 6.54 Å². The van der Waals surface area contributed by atoms with Gasteiger partial charge in [-0.25, -0.2) is 8.78 Å². The molecule has 0 unspecified atom stereocenters. The van der Waals surface area contributed by atoms with Crippen LogP contribution in [0.4, 0.5) is 8.78 Å². The van der Waals surface area contributed by atoms with Gasteiger partial charge in [-0.2, -0.15) is 0 Å². The Balaban J connectivity index is 1.76. The third-order valence-electron chi connectivity index (χ3n) is 2.55. The molecule has 1 saturated carbocycles. The van der Waals surface area contributed by atoms with E-state index in [2.05, 4.69) is 10.6 Å². The van der Waals surface area contributed by atoms with Gasteiger partial charge in [0.15, 0.2) is 0 Å². The van der Waals surface area contributed by atoms with E-state index in [1.807, 2.05) is 0 Å². The zero-order valence-electron chi connectivity index (χ0n) is 9.30. The number of carbonyl (C=O) groups is 1. The van der Waals surface area contributed by atoms with Gasteiger partial charge in [0.1, 0.15) is 11.6 Å². The second-order valence-electron chi connectivity index (χ2n) is 4.18. The molecule has 1 aliphatic rings. The van der Waals surface area contributed by atoms with Crippen LogP contribution >= 0.6 is 0 Å². The number of amides is 1. The molecular weight excluding hydrogens is 226 g/mol. The molecule has 1 aromatic carbocycles. The summed E-state index contributed by atoms with van der Waals surface area (Å²) in [6.07, 6.45) is 2.06. The van der Waals surface area contributed by atoms with Crippen molar-refractivity contribution in [3.05, 3.63) is 35.4 Å². The molecule has 3 nitrogen and oxygen atoms in total. The number of rotatable bonds is 5. The zero-order valence-corrected chi connectivity index (χ0v) is 9.30.